The zero-order chi connectivity index (χ0) is 11.5. The summed E-state index contributed by atoms with van der Waals surface area (Å²) < 4.78 is 0. The topological polar surface area (TPSA) is 24.9 Å². The second-order valence-electron chi connectivity index (χ2n) is 5.09. The van der Waals surface area contributed by atoms with E-state index in [4.69, 9.17) is 4.98 Å². The number of aryl methyl sites for hydroxylation is 2. The molecule has 1 aromatic rings. The average Bonchev–Trinajstić information content (AvgIpc) is 2.85. The van der Waals surface area contributed by atoms with E-state index in [0.29, 0.717) is 0 Å². The van der Waals surface area contributed by atoms with Gasteiger partial charge in [0.05, 0.1) is 0 Å². The largest absolute Gasteiger partial charge is 0.370 e. The second-order valence-corrected chi connectivity index (χ2v) is 6.32. The molecular formula is C14H20N2S. The van der Waals surface area contributed by atoms with Gasteiger partial charge in [0, 0.05) is 12.2 Å². The van der Waals surface area contributed by atoms with E-state index in [2.05, 4.69) is 29.2 Å². The fourth-order valence-electron chi connectivity index (χ4n) is 2.72. The molecular weight excluding hydrogens is 228 g/mol. The molecule has 1 saturated heterocycles. The van der Waals surface area contributed by atoms with Crippen molar-refractivity contribution < 1.29 is 0 Å². The van der Waals surface area contributed by atoms with E-state index in [1.807, 2.05) is 0 Å². The lowest BCUT2D eigenvalue weighted by molar-refractivity contribution is 0.515. The van der Waals surface area contributed by atoms with Crippen molar-refractivity contribution in [1.82, 2.24) is 4.98 Å². The van der Waals surface area contributed by atoms with Crippen LogP contribution in [0, 0.1) is 5.92 Å². The molecule has 17 heavy (non-hydrogen) atoms. The highest BCUT2D eigenvalue weighted by Crippen LogP contribution is 2.24. The average molecular weight is 248 g/mol. The van der Waals surface area contributed by atoms with Gasteiger partial charge in [-0.1, -0.05) is 6.07 Å². The standard InChI is InChI=1S/C14H20N2S/c1-2-12-4-5-14(16-13(12)3-1)15-10-11-6-8-17-9-7-11/h4-5,11H,1-3,6-10H2,(H,15,16). The van der Waals surface area contributed by atoms with Gasteiger partial charge in [-0.3, -0.25) is 0 Å². The van der Waals surface area contributed by atoms with Crippen molar-refractivity contribution in [3.8, 4) is 0 Å². The zero-order valence-electron chi connectivity index (χ0n) is 10.2. The molecule has 0 saturated carbocycles. The fourth-order valence-corrected chi connectivity index (χ4v) is 3.92. The predicted octanol–water partition coefficient (Wildman–Crippen LogP) is 3.13. The summed E-state index contributed by atoms with van der Waals surface area (Å²) in [4.78, 5) is 4.72. The number of hydrogen-bond acceptors (Lipinski definition) is 3. The molecule has 2 aliphatic rings. The first-order valence-electron chi connectivity index (χ1n) is 6.72. The molecule has 2 nitrogen and oxygen atoms in total. The van der Waals surface area contributed by atoms with Gasteiger partial charge < -0.3 is 5.32 Å². The SMILES string of the molecule is c1cc2c(nc1NCC1CCSCC1)CCC2. The van der Waals surface area contributed by atoms with Crippen molar-refractivity contribution in [3.63, 3.8) is 0 Å². The summed E-state index contributed by atoms with van der Waals surface area (Å²) >= 11 is 2.09. The number of hydrogen-bond donors (Lipinski definition) is 1. The molecule has 1 N–H and O–H groups in total. The van der Waals surface area contributed by atoms with Gasteiger partial charge in [0.15, 0.2) is 0 Å². The third kappa shape index (κ3) is 2.76. The van der Waals surface area contributed by atoms with Crippen LogP contribution in [0.25, 0.3) is 0 Å². The molecule has 0 radical (unpaired) electrons. The summed E-state index contributed by atoms with van der Waals surface area (Å²) in [7, 11) is 0. The Bertz CT molecular complexity index is 386. The number of nitrogens with zero attached hydrogens (tertiary/aromatic N) is 1. The maximum atomic E-state index is 4.72. The molecule has 92 valence electrons. The molecule has 0 unspecified atom stereocenters. The maximum Gasteiger partial charge on any atom is 0.126 e. The minimum absolute atomic E-state index is 0.853. The van der Waals surface area contributed by atoms with E-state index in [9.17, 15) is 0 Å². The number of thioether (sulfide) groups is 1. The quantitative estimate of drug-likeness (QED) is 0.889. The van der Waals surface area contributed by atoms with E-state index < -0.39 is 0 Å². The van der Waals surface area contributed by atoms with Gasteiger partial charge in [0.2, 0.25) is 0 Å². The summed E-state index contributed by atoms with van der Waals surface area (Å²) in [6, 6.07) is 4.41. The third-order valence-corrected chi connectivity index (χ3v) is 4.89. The van der Waals surface area contributed by atoms with Gasteiger partial charge >= 0.3 is 0 Å². The molecule has 0 atom stereocenters. The molecule has 0 amide bonds. The minimum Gasteiger partial charge on any atom is -0.370 e. The van der Waals surface area contributed by atoms with Crippen LogP contribution in [0.2, 0.25) is 0 Å². The number of nitrogens with one attached hydrogen (secondary N) is 1. The molecule has 1 aliphatic carbocycles. The van der Waals surface area contributed by atoms with Gasteiger partial charge in [-0.15, -0.1) is 0 Å². The Balaban J connectivity index is 1.57. The lowest BCUT2D eigenvalue weighted by atomic mass is 10.0. The Hall–Kier alpha value is -0.700. The summed E-state index contributed by atoms with van der Waals surface area (Å²) in [6.07, 6.45) is 6.41. The number of anilines is 1. The van der Waals surface area contributed by atoms with Gasteiger partial charge in [0.1, 0.15) is 5.82 Å². The molecule has 3 rings (SSSR count). The van der Waals surface area contributed by atoms with Crippen molar-refractivity contribution in [1.29, 1.82) is 0 Å². The van der Waals surface area contributed by atoms with E-state index in [-0.39, 0.29) is 0 Å². The molecule has 1 fully saturated rings. The van der Waals surface area contributed by atoms with Crippen LogP contribution in [-0.2, 0) is 12.8 Å². The summed E-state index contributed by atoms with van der Waals surface area (Å²) in [5.74, 6) is 4.61. The number of fused-ring (bicyclic) bond motifs is 1. The number of rotatable bonds is 3. The highest BCUT2D eigenvalue weighted by Gasteiger charge is 2.15. The van der Waals surface area contributed by atoms with E-state index >= 15 is 0 Å². The van der Waals surface area contributed by atoms with Gasteiger partial charge in [0.25, 0.3) is 0 Å². The van der Waals surface area contributed by atoms with Crippen LogP contribution in [0.3, 0.4) is 0 Å². The Labute approximate surface area is 108 Å². The van der Waals surface area contributed by atoms with Crippen molar-refractivity contribution in [2.24, 2.45) is 5.92 Å². The smallest absolute Gasteiger partial charge is 0.126 e. The highest BCUT2D eigenvalue weighted by atomic mass is 32.2. The van der Waals surface area contributed by atoms with Crippen LogP contribution >= 0.6 is 11.8 Å². The zero-order valence-corrected chi connectivity index (χ0v) is 11.1. The van der Waals surface area contributed by atoms with Crippen LogP contribution in [0.1, 0.15) is 30.5 Å². The van der Waals surface area contributed by atoms with Crippen molar-refractivity contribution in [2.75, 3.05) is 23.4 Å². The number of pyridine rings is 1. The van der Waals surface area contributed by atoms with E-state index in [1.54, 1.807) is 0 Å². The summed E-state index contributed by atoms with van der Waals surface area (Å²) in [5.41, 5.74) is 2.79. The molecule has 1 aromatic heterocycles. The normalized spacial score (nSPS) is 20.2. The second kappa shape index (κ2) is 5.30. The molecule has 0 bridgehead atoms. The maximum absolute atomic E-state index is 4.72. The summed E-state index contributed by atoms with van der Waals surface area (Å²) in [6.45, 7) is 1.10. The van der Waals surface area contributed by atoms with Crippen LogP contribution < -0.4 is 5.32 Å². The fraction of sp³-hybridized carbons (Fsp3) is 0.643. The highest BCUT2D eigenvalue weighted by molar-refractivity contribution is 7.99. The summed E-state index contributed by atoms with van der Waals surface area (Å²) in [5, 5.41) is 3.52. The third-order valence-electron chi connectivity index (χ3n) is 3.84. The molecule has 1 aliphatic heterocycles. The monoisotopic (exact) mass is 248 g/mol. The van der Waals surface area contributed by atoms with Crippen LogP contribution in [-0.4, -0.2) is 23.0 Å². The first-order chi connectivity index (χ1) is 8.42. The predicted molar refractivity (Wildman–Crippen MR) is 74.8 cm³/mol. The van der Waals surface area contributed by atoms with Crippen molar-refractivity contribution in [3.05, 3.63) is 23.4 Å². The van der Waals surface area contributed by atoms with E-state index in [1.165, 1.54) is 54.9 Å². The van der Waals surface area contributed by atoms with E-state index in [0.717, 1.165) is 18.3 Å². The van der Waals surface area contributed by atoms with Gasteiger partial charge in [-0.25, -0.2) is 4.98 Å². The Morgan fingerprint density at radius 1 is 1.24 bits per heavy atom. The van der Waals surface area contributed by atoms with Crippen LogP contribution in [0.15, 0.2) is 12.1 Å². The Morgan fingerprint density at radius 3 is 3.00 bits per heavy atom. The molecule has 0 aromatic carbocycles. The Morgan fingerprint density at radius 2 is 2.12 bits per heavy atom. The minimum atomic E-state index is 0.853. The van der Waals surface area contributed by atoms with Gasteiger partial charge in [-0.05, 0) is 61.2 Å². The van der Waals surface area contributed by atoms with Crippen LogP contribution in [0.5, 0.6) is 0 Å². The Kier molecular flexibility index (Phi) is 3.55. The number of aromatic nitrogens is 1. The van der Waals surface area contributed by atoms with Gasteiger partial charge in [-0.2, -0.15) is 11.8 Å². The first-order valence-corrected chi connectivity index (χ1v) is 7.88. The molecule has 3 heteroatoms. The molecule has 0 spiro atoms. The van der Waals surface area contributed by atoms with Crippen molar-refractivity contribution >= 4 is 17.6 Å². The molecule has 2 heterocycles. The van der Waals surface area contributed by atoms with Crippen molar-refractivity contribution in [2.45, 2.75) is 32.1 Å². The van der Waals surface area contributed by atoms with Crippen LogP contribution in [0.4, 0.5) is 5.82 Å². The lowest BCUT2D eigenvalue weighted by Gasteiger charge is -2.21. The first kappa shape index (κ1) is 11.4. The lowest BCUT2D eigenvalue weighted by Crippen LogP contribution is -2.19.